The Bertz CT molecular complexity index is 1200. The highest BCUT2D eigenvalue weighted by atomic mass is 35.5. The van der Waals surface area contributed by atoms with Crippen molar-refractivity contribution in [1.29, 1.82) is 0 Å². The van der Waals surface area contributed by atoms with Crippen molar-refractivity contribution in [3.63, 3.8) is 0 Å². The number of carbonyl (C=O) groups is 1. The summed E-state index contributed by atoms with van der Waals surface area (Å²) in [6.07, 6.45) is 0. The molecule has 0 spiro atoms. The smallest absolute Gasteiger partial charge is 0.234 e. The van der Waals surface area contributed by atoms with Gasteiger partial charge in [0.15, 0.2) is 0 Å². The lowest BCUT2D eigenvalue weighted by molar-refractivity contribution is -0.113. The molecule has 1 N–H and O–H groups in total. The number of nitrogens with zero attached hydrogens (tertiary/aromatic N) is 3. The molecule has 0 saturated heterocycles. The van der Waals surface area contributed by atoms with Crippen molar-refractivity contribution < 1.29 is 4.79 Å². The van der Waals surface area contributed by atoms with Gasteiger partial charge < -0.3 is 5.32 Å². The molecule has 7 heteroatoms. The summed E-state index contributed by atoms with van der Waals surface area (Å²) in [7, 11) is 0. The number of carbonyl (C=O) groups excluding carboxylic acids is 1. The fourth-order valence-electron chi connectivity index (χ4n) is 3.01. The summed E-state index contributed by atoms with van der Waals surface area (Å²) < 4.78 is 0. The topological polar surface area (TPSA) is 67.8 Å². The predicted molar refractivity (Wildman–Crippen MR) is 126 cm³/mol. The van der Waals surface area contributed by atoms with Gasteiger partial charge in [-0.05, 0) is 30.7 Å². The van der Waals surface area contributed by atoms with Crippen molar-refractivity contribution in [3.8, 4) is 22.5 Å². The highest BCUT2D eigenvalue weighted by molar-refractivity contribution is 7.99. The van der Waals surface area contributed by atoms with Crippen LogP contribution < -0.4 is 5.32 Å². The number of rotatable bonds is 6. The summed E-state index contributed by atoms with van der Waals surface area (Å²) in [5.41, 5.74) is 4.93. The minimum atomic E-state index is -0.149. The van der Waals surface area contributed by atoms with Crippen molar-refractivity contribution >= 4 is 35.0 Å². The molecular weight excluding hydrogens is 428 g/mol. The first-order valence-corrected chi connectivity index (χ1v) is 11.0. The number of halogens is 1. The normalized spacial score (nSPS) is 10.6. The molecule has 0 unspecified atom stereocenters. The fourth-order valence-corrected chi connectivity index (χ4v) is 3.71. The zero-order chi connectivity index (χ0) is 21.6. The largest absolute Gasteiger partial charge is 0.325 e. The van der Waals surface area contributed by atoms with Gasteiger partial charge in [0.1, 0.15) is 11.4 Å². The summed E-state index contributed by atoms with van der Waals surface area (Å²) >= 11 is 7.29. The van der Waals surface area contributed by atoms with E-state index in [9.17, 15) is 4.79 Å². The van der Waals surface area contributed by atoms with Crippen LogP contribution in [-0.2, 0) is 4.79 Å². The van der Waals surface area contributed by atoms with Crippen molar-refractivity contribution in [2.45, 2.75) is 12.1 Å². The highest BCUT2D eigenvalue weighted by Crippen LogP contribution is 2.29. The number of aryl methyl sites for hydroxylation is 1. The lowest BCUT2D eigenvalue weighted by Crippen LogP contribution is -2.14. The highest BCUT2D eigenvalue weighted by Gasteiger charge is 2.14. The summed E-state index contributed by atoms with van der Waals surface area (Å²) in [5.74, 6) is 0.0196. The van der Waals surface area contributed by atoms with Gasteiger partial charge >= 0.3 is 0 Å². The quantitative estimate of drug-likeness (QED) is 0.373. The van der Waals surface area contributed by atoms with E-state index >= 15 is 0 Å². The zero-order valence-corrected chi connectivity index (χ0v) is 18.3. The molecule has 1 heterocycles. The van der Waals surface area contributed by atoms with Gasteiger partial charge in [-0.15, -0.1) is 10.2 Å². The average molecular weight is 447 g/mol. The van der Waals surface area contributed by atoms with Crippen LogP contribution in [0.5, 0.6) is 0 Å². The lowest BCUT2D eigenvalue weighted by atomic mass is 10.0. The van der Waals surface area contributed by atoms with Gasteiger partial charge in [0.05, 0.1) is 5.75 Å². The van der Waals surface area contributed by atoms with E-state index in [4.69, 9.17) is 16.6 Å². The van der Waals surface area contributed by atoms with Gasteiger partial charge in [0, 0.05) is 21.8 Å². The number of hydrogen-bond acceptors (Lipinski definition) is 5. The molecule has 5 nitrogen and oxygen atoms in total. The number of amides is 1. The van der Waals surface area contributed by atoms with Crippen LogP contribution in [0.1, 0.15) is 5.56 Å². The predicted octanol–water partition coefficient (Wildman–Crippen LogP) is 5.90. The molecule has 0 bridgehead atoms. The summed E-state index contributed by atoms with van der Waals surface area (Å²) in [5, 5.41) is 12.7. The summed E-state index contributed by atoms with van der Waals surface area (Å²) in [6.45, 7) is 1.89. The number of nitrogens with one attached hydrogen (secondary N) is 1. The van der Waals surface area contributed by atoms with E-state index in [0.717, 1.165) is 22.4 Å². The number of hydrogen-bond donors (Lipinski definition) is 1. The van der Waals surface area contributed by atoms with E-state index < -0.39 is 0 Å². The number of thioether (sulfide) groups is 1. The molecule has 0 saturated carbocycles. The van der Waals surface area contributed by atoms with Gasteiger partial charge in [-0.25, -0.2) is 4.98 Å². The third-order valence-corrected chi connectivity index (χ3v) is 5.80. The molecule has 0 atom stereocenters. The average Bonchev–Trinajstić information content (AvgIpc) is 2.81. The molecule has 3 aromatic carbocycles. The Labute approximate surface area is 189 Å². The minimum absolute atomic E-state index is 0.149. The van der Waals surface area contributed by atoms with Gasteiger partial charge in [-0.1, -0.05) is 84.0 Å². The van der Waals surface area contributed by atoms with Crippen molar-refractivity contribution in [2.75, 3.05) is 11.1 Å². The molecule has 0 aliphatic carbocycles. The molecule has 31 heavy (non-hydrogen) atoms. The van der Waals surface area contributed by atoms with Crippen molar-refractivity contribution in [1.82, 2.24) is 15.2 Å². The molecular formula is C24H19ClN4OS. The van der Waals surface area contributed by atoms with Crippen LogP contribution in [0.25, 0.3) is 22.5 Å². The Morgan fingerprint density at radius 3 is 2.19 bits per heavy atom. The van der Waals surface area contributed by atoms with Crippen molar-refractivity contribution in [3.05, 3.63) is 89.4 Å². The van der Waals surface area contributed by atoms with Crippen LogP contribution in [0, 0.1) is 6.92 Å². The second-order valence-electron chi connectivity index (χ2n) is 6.82. The molecule has 4 aromatic rings. The number of anilines is 1. The Kier molecular flexibility index (Phi) is 6.60. The molecule has 4 rings (SSSR count). The number of aromatic nitrogens is 3. The molecule has 0 fully saturated rings. The molecule has 1 amide bonds. The fraction of sp³-hybridized carbons (Fsp3) is 0.0833. The Morgan fingerprint density at radius 2 is 1.55 bits per heavy atom. The molecule has 0 radical (unpaired) electrons. The van der Waals surface area contributed by atoms with Crippen LogP contribution in [-0.4, -0.2) is 26.8 Å². The maximum atomic E-state index is 12.4. The first kappa shape index (κ1) is 21.0. The summed E-state index contributed by atoms with van der Waals surface area (Å²) in [4.78, 5) is 17.1. The Balaban J connectivity index is 1.54. The van der Waals surface area contributed by atoms with Gasteiger partial charge in [-0.2, -0.15) is 0 Å². The van der Waals surface area contributed by atoms with E-state index in [-0.39, 0.29) is 11.7 Å². The zero-order valence-electron chi connectivity index (χ0n) is 16.7. The first-order valence-electron chi connectivity index (χ1n) is 9.64. The van der Waals surface area contributed by atoms with Gasteiger partial charge in [0.2, 0.25) is 11.1 Å². The summed E-state index contributed by atoms with van der Waals surface area (Å²) in [6, 6.07) is 25.1. The van der Waals surface area contributed by atoms with E-state index in [2.05, 4.69) is 15.5 Å². The van der Waals surface area contributed by atoms with Crippen LogP contribution in [0.15, 0.2) is 84.0 Å². The molecule has 1 aromatic heterocycles. The van der Waals surface area contributed by atoms with Gasteiger partial charge in [-0.3, -0.25) is 4.79 Å². The lowest BCUT2D eigenvalue weighted by Gasteiger charge is -2.10. The van der Waals surface area contributed by atoms with Crippen LogP contribution >= 0.6 is 23.4 Å². The maximum absolute atomic E-state index is 12.4. The van der Waals surface area contributed by atoms with Crippen LogP contribution in [0.4, 0.5) is 5.69 Å². The monoisotopic (exact) mass is 446 g/mol. The van der Waals surface area contributed by atoms with E-state index in [1.54, 1.807) is 12.1 Å². The van der Waals surface area contributed by atoms with Crippen LogP contribution in [0.3, 0.4) is 0 Å². The van der Waals surface area contributed by atoms with E-state index in [1.807, 2.05) is 73.7 Å². The van der Waals surface area contributed by atoms with Crippen LogP contribution in [0.2, 0.25) is 5.02 Å². The molecule has 0 aliphatic heterocycles. The third kappa shape index (κ3) is 5.29. The van der Waals surface area contributed by atoms with E-state index in [1.165, 1.54) is 11.8 Å². The maximum Gasteiger partial charge on any atom is 0.234 e. The first-order chi connectivity index (χ1) is 15.1. The van der Waals surface area contributed by atoms with E-state index in [0.29, 0.717) is 21.6 Å². The minimum Gasteiger partial charge on any atom is -0.325 e. The SMILES string of the molecule is Cc1cc(NC(=O)CSc2nnc(-c3ccccc3)c(-c3ccccc3)n2)ccc1Cl. The number of benzene rings is 3. The molecule has 0 aliphatic rings. The Hall–Kier alpha value is -3.22. The molecule has 154 valence electrons. The third-order valence-electron chi connectivity index (χ3n) is 4.54. The van der Waals surface area contributed by atoms with Crippen molar-refractivity contribution in [2.24, 2.45) is 0 Å². The van der Waals surface area contributed by atoms with Gasteiger partial charge in [0.25, 0.3) is 0 Å². The second-order valence-corrected chi connectivity index (χ2v) is 8.17. The standard InChI is InChI=1S/C24H19ClN4OS/c1-16-14-19(12-13-20(16)25)26-21(30)15-31-24-27-22(17-8-4-2-5-9-17)23(28-29-24)18-10-6-3-7-11-18/h2-14H,15H2,1H3,(H,26,30). The Morgan fingerprint density at radius 1 is 0.903 bits per heavy atom. The second kappa shape index (κ2) is 9.73.